The molecule has 0 bridgehead atoms. The van der Waals surface area contributed by atoms with Crippen LogP contribution in [0, 0.1) is 13.8 Å². The molecule has 1 aliphatic heterocycles. The molecule has 2 amide bonds. The maximum atomic E-state index is 13.2. The van der Waals surface area contributed by atoms with E-state index < -0.39 is 0 Å². The maximum Gasteiger partial charge on any atom is 0.259 e. The summed E-state index contributed by atoms with van der Waals surface area (Å²) in [5, 5.41) is 3.03. The summed E-state index contributed by atoms with van der Waals surface area (Å²) in [4.78, 5) is 33.9. The predicted molar refractivity (Wildman–Crippen MR) is 128 cm³/mol. The van der Waals surface area contributed by atoms with E-state index >= 15 is 0 Å². The lowest BCUT2D eigenvalue weighted by molar-refractivity contribution is -0.117. The smallest absolute Gasteiger partial charge is 0.259 e. The fourth-order valence-corrected chi connectivity index (χ4v) is 3.91. The zero-order valence-electron chi connectivity index (χ0n) is 19.0. The molecule has 1 aromatic heterocycles. The third-order valence-electron chi connectivity index (χ3n) is 5.73. The van der Waals surface area contributed by atoms with Crippen molar-refractivity contribution in [3.8, 4) is 11.6 Å². The molecular weight excluding hydrogens is 416 g/mol. The summed E-state index contributed by atoms with van der Waals surface area (Å²) in [6, 6.07) is 18.7. The van der Waals surface area contributed by atoms with Crippen molar-refractivity contribution in [2.45, 2.75) is 13.8 Å². The second kappa shape index (κ2) is 10.3. The third-order valence-corrected chi connectivity index (χ3v) is 5.73. The molecule has 4 rings (SSSR count). The molecule has 170 valence electrons. The van der Waals surface area contributed by atoms with Crippen LogP contribution in [0.1, 0.15) is 21.5 Å². The minimum absolute atomic E-state index is 0.0435. The molecule has 7 heteroatoms. The Balaban J connectivity index is 1.34. The largest absolute Gasteiger partial charge is 0.438 e. The SMILES string of the molecule is Cc1cccc(C)c1NC(=O)CN1CCN(C(=O)c2cccnc2Oc2ccccc2)CC1. The monoisotopic (exact) mass is 444 g/mol. The number of amides is 2. The summed E-state index contributed by atoms with van der Waals surface area (Å²) >= 11 is 0. The lowest BCUT2D eigenvalue weighted by atomic mass is 10.1. The Labute approximate surface area is 194 Å². The number of para-hydroxylation sites is 2. The van der Waals surface area contributed by atoms with E-state index in [9.17, 15) is 9.59 Å². The standard InChI is InChI=1S/C26H28N4O3/c1-19-8-6-9-20(2)24(19)28-23(31)18-29-14-16-30(17-15-29)26(32)22-12-7-13-27-25(22)33-21-10-4-3-5-11-21/h3-13H,14-18H2,1-2H3,(H,28,31). The Hall–Kier alpha value is -3.71. The van der Waals surface area contributed by atoms with E-state index in [2.05, 4.69) is 15.2 Å². The predicted octanol–water partition coefficient (Wildman–Crippen LogP) is 3.89. The number of hydrogen-bond donors (Lipinski definition) is 1. The molecule has 33 heavy (non-hydrogen) atoms. The Morgan fingerprint density at radius 2 is 1.61 bits per heavy atom. The highest BCUT2D eigenvalue weighted by molar-refractivity contribution is 5.96. The number of carbonyl (C=O) groups is 2. The van der Waals surface area contributed by atoms with Gasteiger partial charge in [0.2, 0.25) is 11.8 Å². The van der Waals surface area contributed by atoms with Crippen LogP contribution in [0.4, 0.5) is 5.69 Å². The van der Waals surface area contributed by atoms with E-state index in [4.69, 9.17) is 4.74 Å². The van der Waals surface area contributed by atoms with E-state index in [1.807, 2.05) is 62.4 Å². The molecule has 2 aromatic carbocycles. The van der Waals surface area contributed by atoms with Crippen LogP contribution in [0.25, 0.3) is 0 Å². The molecule has 2 heterocycles. The first kappa shape index (κ1) is 22.5. The van der Waals surface area contributed by atoms with Gasteiger partial charge >= 0.3 is 0 Å². The first-order valence-electron chi connectivity index (χ1n) is 11.1. The van der Waals surface area contributed by atoms with Crippen LogP contribution >= 0.6 is 0 Å². The number of aromatic nitrogens is 1. The van der Waals surface area contributed by atoms with Gasteiger partial charge < -0.3 is 15.0 Å². The van der Waals surface area contributed by atoms with Gasteiger partial charge in [-0.25, -0.2) is 4.98 Å². The van der Waals surface area contributed by atoms with Crippen LogP contribution in [0.15, 0.2) is 66.9 Å². The molecule has 1 N–H and O–H groups in total. The minimum Gasteiger partial charge on any atom is -0.438 e. The summed E-state index contributed by atoms with van der Waals surface area (Å²) in [5.41, 5.74) is 3.40. The second-order valence-electron chi connectivity index (χ2n) is 8.15. The average molecular weight is 445 g/mol. The van der Waals surface area contributed by atoms with Gasteiger partial charge in [0, 0.05) is 38.1 Å². The fourth-order valence-electron chi connectivity index (χ4n) is 3.91. The van der Waals surface area contributed by atoms with Crippen LogP contribution in [0.5, 0.6) is 11.6 Å². The summed E-state index contributed by atoms with van der Waals surface area (Å²) in [7, 11) is 0. The van der Waals surface area contributed by atoms with Crippen molar-refractivity contribution in [3.05, 3.63) is 83.6 Å². The summed E-state index contributed by atoms with van der Waals surface area (Å²) in [6.07, 6.45) is 1.61. The Kier molecular flexibility index (Phi) is 7.00. The van der Waals surface area contributed by atoms with E-state index in [1.165, 1.54) is 0 Å². The highest BCUT2D eigenvalue weighted by atomic mass is 16.5. The van der Waals surface area contributed by atoms with E-state index in [0.29, 0.717) is 49.9 Å². The number of rotatable bonds is 6. The summed E-state index contributed by atoms with van der Waals surface area (Å²) < 4.78 is 5.85. The zero-order chi connectivity index (χ0) is 23.2. The van der Waals surface area contributed by atoms with E-state index in [-0.39, 0.29) is 11.8 Å². The van der Waals surface area contributed by atoms with Crippen molar-refractivity contribution in [2.24, 2.45) is 0 Å². The van der Waals surface area contributed by atoms with Gasteiger partial charge in [0.15, 0.2) is 0 Å². The maximum absolute atomic E-state index is 13.2. The number of nitrogens with zero attached hydrogens (tertiary/aromatic N) is 3. The molecule has 1 saturated heterocycles. The van der Waals surface area contributed by atoms with Crippen molar-refractivity contribution in [2.75, 3.05) is 38.0 Å². The number of piperazine rings is 1. The summed E-state index contributed by atoms with van der Waals surface area (Å²) in [6.45, 7) is 6.60. The molecule has 3 aromatic rings. The Morgan fingerprint density at radius 1 is 0.909 bits per heavy atom. The molecule has 0 saturated carbocycles. The van der Waals surface area contributed by atoms with Gasteiger partial charge in [-0.15, -0.1) is 0 Å². The number of pyridine rings is 1. The van der Waals surface area contributed by atoms with Gasteiger partial charge in [0.1, 0.15) is 11.3 Å². The molecular formula is C26H28N4O3. The van der Waals surface area contributed by atoms with Gasteiger partial charge in [-0.05, 0) is 49.2 Å². The van der Waals surface area contributed by atoms with E-state index in [1.54, 1.807) is 23.2 Å². The van der Waals surface area contributed by atoms with Gasteiger partial charge in [-0.3, -0.25) is 14.5 Å². The van der Waals surface area contributed by atoms with Crippen molar-refractivity contribution >= 4 is 17.5 Å². The molecule has 0 spiro atoms. The van der Waals surface area contributed by atoms with Crippen molar-refractivity contribution in [3.63, 3.8) is 0 Å². The molecule has 1 fully saturated rings. The average Bonchev–Trinajstić information content (AvgIpc) is 2.83. The van der Waals surface area contributed by atoms with E-state index in [0.717, 1.165) is 16.8 Å². The highest BCUT2D eigenvalue weighted by Gasteiger charge is 2.26. The van der Waals surface area contributed by atoms with Crippen LogP contribution in [-0.2, 0) is 4.79 Å². The van der Waals surface area contributed by atoms with Crippen LogP contribution in [0.2, 0.25) is 0 Å². The quantitative estimate of drug-likeness (QED) is 0.624. The van der Waals surface area contributed by atoms with Gasteiger partial charge in [-0.1, -0.05) is 36.4 Å². The normalized spacial score (nSPS) is 14.1. The highest BCUT2D eigenvalue weighted by Crippen LogP contribution is 2.24. The number of ether oxygens (including phenoxy) is 1. The van der Waals surface area contributed by atoms with Crippen LogP contribution < -0.4 is 10.1 Å². The molecule has 0 atom stereocenters. The third kappa shape index (κ3) is 5.56. The first-order chi connectivity index (χ1) is 16.0. The number of aryl methyl sites for hydroxylation is 2. The zero-order valence-corrected chi connectivity index (χ0v) is 19.0. The number of benzene rings is 2. The lowest BCUT2D eigenvalue weighted by Crippen LogP contribution is -2.50. The second-order valence-corrected chi connectivity index (χ2v) is 8.15. The van der Waals surface area contributed by atoms with Crippen molar-refractivity contribution in [1.29, 1.82) is 0 Å². The topological polar surface area (TPSA) is 74.8 Å². The van der Waals surface area contributed by atoms with Crippen LogP contribution in [0.3, 0.4) is 0 Å². The fraction of sp³-hybridized carbons (Fsp3) is 0.269. The molecule has 0 radical (unpaired) electrons. The number of nitrogens with one attached hydrogen (secondary N) is 1. The summed E-state index contributed by atoms with van der Waals surface area (Å²) in [5.74, 6) is 0.765. The van der Waals surface area contributed by atoms with Crippen LogP contribution in [-0.4, -0.2) is 59.3 Å². The molecule has 7 nitrogen and oxygen atoms in total. The molecule has 0 unspecified atom stereocenters. The number of hydrogen-bond acceptors (Lipinski definition) is 5. The number of carbonyl (C=O) groups excluding carboxylic acids is 2. The molecule has 0 aliphatic carbocycles. The molecule has 1 aliphatic rings. The first-order valence-corrected chi connectivity index (χ1v) is 11.1. The Bertz CT molecular complexity index is 1110. The number of anilines is 1. The lowest BCUT2D eigenvalue weighted by Gasteiger charge is -2.34. The van der Waals surface area contributed by atoms with Gasteiger partial charge in [0.25, 0.3) is 5.91 Å². The van der Waals surface area contributed by atoms with Gasteiger partial charge in [0.05, 0.1) is 6.54 Å². The Morgan fingerprint density at radius 3 is 2.30 bits per heavy atom. The van der Waals surface area contributed by atoms with Gasteiger partial charge in [-0.2, -0.15) is 0 Å². The minimum atomic E-state index is -0.117. The van der Waals surface area contributed by atoms with Crippen molar-refractivity contribution < 1.29 is 14.3 Å². The van der Waals surface area contributed by atoms with Crippen molar-refractivity contribution in [1.82, 2.24) is 14.8 Å².